The van der Waals surface area contributed by atoms with E-state index in [1.165, 1.54) is 0 Å². The summed E-state index contributed by atoms with van der Waals surface area (Å²) in [6, 6.07) is 15.5. The summed E-state index contributed by atoms with van der Waals surface area (Å²) in [5.41, 5.74) is 9.43. The van der Waals surface area contributed by atoms with Crippen LogP contribution in [-0.2, 0) is 0 Å². The minimum Gasteiger partial charge on any atom is -0.497 e. The van der Waals surface area contributed by atoms with E-state index in [4.69, 9.17) is 15.6 Å². The van der Waals surface area contributed by atoms with Gasteiger partial charge in [0.05, 0.1) is 18.4 Å². The minimum atomic E-state index is -0.501. The van der Waals surface area contributed by atoms with Crippen LogP contribution in [0.4, 0.5) is 0 Å². The minimum absolute atomic E-state index is 0.213. The van der Waals surface area contributed by atoms with Gasteiger partial charge in [0.15, 0.2) is 0 Å². The molecule has 0 saturated heterocycles. The van der Waals surface area contributed by atoms with Gasteiger partial charge in [0.1, 0.15) is 11.4 Å². The molecule has 146 valence electrons. The van der Waals surface area contributed by atoms with Crippen molar-refractivity contribution in [2.24, 2.45) is 5.73 Å². The molecule has 1 amide bonds. The molecule has 0 saturated carbocycles. The maximum atomic E-state index is 12.9. The highest BCUT2D eigenvalue weighted by atomic mass is 16.5. The molecule has 3 N–H and O–H groups in total. The maximum absolute atomic E-state index is 12.9. The van der Waals surface area contributed by atoms with E-state index < -0.39 is 5.54 Å². The van der Waals surface area contributed by atoms with Crippen LogP contribution in [0.25, 0.3) is 16.9 Å². The van der Waals surface area contributed by atoms with Crippen LogP contribution < -0.4 is 15.8 Å². The summed E-state index contributed by atoms with van der Waals surface area (Å²) in [5.74, 6) is 0.492. The molecule has 2 aromatic carbocycles. The topological polar surface area (TPSA) is 82.2 Å². The van der Waals surface area contributed by atoms with E-state index in [0.29, 0.717) is 23.6 Å². The van der Waals surface area contributed by atoms with E-state index in [1.54, 1.807) is 18.0 Å². The van der Waals surface area contributed by atoms with Crippen molar-refractivity contribution < 1.29 is 9.53 Å². The second-order valence-electron chi connectivity index (χ2n) is 7.57. The second kappa shape index (κ2) is 7.86. The summed E-state index contributed by atoms with van der Waals surface area (Å²) in [4.78, 5) is 12.9. The quantitative estimate of drug-likeness (QED) is 0.689. The third-order valence-electron chi connectivity index (χ3n) is 4.31. The molecular weight excluding hydrogens is 352 g/mol. The Kier molecular flexibility index (Phi) is 5.51. The van der Waals surface area contributed by atoms with E-state index in [2.05, 4.69) is 5.32 Å². The number of aromatic nitrogens is 2. The fourth-order valence-corrected chi connectivity index (χ4v) is 2.76. The first-order valence-corrected chi connectivity index (χ1v) is 9.15. The molecule has 0 fully saturated rings. The normalized spacial score (nSPS) is 11.3. The number of hydrogen-bond donors (Lipinski definition) is 2. The fourth-order valence-electron chi connectivity index (χ4n) is 2.76. The number of rotatable bonds is 6. The Bertz CT molecular complexity index is 969. The summed E-state index contributed by atoms with van der Waals surface area (Å²) >= 11 is 0. The van der Waals surface area contributed by atoms with Gasteiger partial charge in [0, 0.05) is 23.8 Å². The van der Waals surface area contributed by atoms with Crippen molar-refractivity contribution in [1.82, 2.24) is 15.1 Å². The van der Waals surface area contributed by atoms with Crippen LogP contribution >= 0.6 is 0 Å². The number of hydrogen-bond acceptors (Lipinski definition) is 4. The summed E-state index contributed by atoms with van der Waals surface area (Å²) < 4.78 is 7.04. The molecule has 6 heteroatoms. The number of nitrogens with two attached hydrogens (primary N) is 1. The third kappa shape index (κ3) is 4.58. The second-order valence-corrected chi connectivity index (χ2v) is 7.57. The van der Waals surface area contributed by atoms with E-state index in [9.17, 15) is 4.79 Å². The van der Waals surface area contributed by atoms with Crippen LogP contribution in [0.3, 0.4) is 0 Å². The van der Waals surface area contributed by atoms with Gasteiger partial charge in [-0.1, -0.05) is 29.8 Å². The fraction of sp³-hybridized carbons (Fsp3) is 0.273. The van der Waals surface area contributed by atoms with Gasteiger partial charge in [-0.25, -0.2) is 4.68 Å². The molecule has 0 aliphatic rings. The summed E-state index contributed by atoms with van der Waals surface area (Å²) in [5, 5.41) is 7.59. The summed E-state index contributed by atoms with van der Waals surface area (Å²) in [6.07, 6.45) is 1.75. The van der Waals surface area contributed by atoms with Gasteiger partial charge in [0.25, 0.3) is 5.91 Å². The van der Waals surface area contributed by atoms with Gasteiger partial charge in [0.2, 0.25) is 0 Å². The van der Waals surface area contributed by atoms with Crippen molar-refractivity contribution in [1.29, 1.82) is 0 Å². The highest BCUT2D eigenvalue weighted by Gasteiger charge is 2.21. The lowest BCUT2D eigenvalue weighted by molar-refractivity contribution is 0.0946. The Morgan fingerprint density at radius 1 is 1.21 bits per heavy atom. The molecule has 3 rings (SSSR count). The first-order chi connectivity index (χ1) is 13.3. The molecule has 0 bridgehead atoms. The van der Waals surface area contributed by atoms with Crippen LogP contribution in [0.5, 0.6) is 5.75 Å². The van der Waals surface area contributed by atoms with Crippen molar-refractivity contribution in [3.63, 3.8) is 0 Å². The lowest BCUT2D eigenvalue weighted by Crippen LogP contribution is -2.45. The molecule has 0 aliphatic heterocycles. The lowest BCUT2D eigenvalue weighted by atomic mass is 10.1. The van der Waals surface area contributed by atoms with Crippen LogP contribution in [-0.4, -0.2) is 34.9 Å². The van der Waals surface area contributed by atoms with Crippen molar-refractivity contribution in [2.75, 3.05) is 13.7 Å². The monoisotopic (exact) mass is 378 g/mol. The Hall–Kier alpha value is -3.12. The Balaban J connectivity index is 2.04. The van der Waals surface area contributed by atoms with Gasteiger partial charge in [-0.2, -0.15) is 5.10 Å². The average molecular weight is 378 g/mol. The molecule has 6 nitrogen and oxygen atoms in total. The first kappa shape index (κ1) is 19.6. The zero-order valence-corrected chi connectivity index (χ0v) is 16.7. The zero-order valence-electron chi connectivity index (χ0n) is 16.7. The maximum Gasteiger partial charge on any atom is 0.255 e. The van der Waals surface area contributed by atoms with Crippen molar-refractivity contribution in [2.45, 2.75) is 26.3 Å². The Morgan fingerprint density at radius 3 is 2.57 bits per heavy atom. The number of carbonyl (C=O) groups excluding carboxylic acids is 1. The highest BCUT2D eigenvalue weighted by Crippen LogP contribution is 2.27. The highest BCUT2D eigenvalue weighted by molar-refractivity contribution is 6.00. The Morgan fingerprint density at radius 2 is 1.93 bits per heavy atom. The smallest absolute Gasteiger partial charge is 0.255 e. The predicted octanol–water partition coefficient (Wildman–Crippen LogP) is 3.32. The number of aryl methyl sites for hydroxylation is 1. The van der Waals surface area contributed by atoms with Crippen molar-refractivity contribution in [3.8, 4) is 22.7 Å². The third-order valence-corrected chi connectivity index (χ3v) is 4.31. The van der Waals surface area contributed by atoms with Crippen molar-refractivity contribution in [3.05, 3.63) is 65.9 Å². The molecule has 3 aromatic rings. The number of carbonyl (C=O) groups is 1. The molecule has 0 spiro atoms. The van der Waals surface area contributed by atoms with Crippen molar-refractivity contribution >= 4 is 5.91 Å². The first-order valence-electron chi connectivity index (χ1n) is 9.15. The molecule has 0 aliphatic carbocycles. The number of nitrogens with zero attached hydrogens (tertiary/aromatic N) is 2. The predicted molar refractivity (Wildman–Crippen MR) is 111 cm³/mol. The van der Waals surface area contributed by atoms with Gasteiger partial charge in [-0.3, -0.25) is 4.79 Å². The Labute approximate surface area is 165 Å². The molecule has 0 unspecified atom stereocenters. The average Bonchev–Trinajstić information content (AvgIpc) is 3.11. The molecule has 1 aromatic heterocycles. The molecule has 0 atom stereocenters. The van der Waals surface area contributed by atoms with Crippen LogP contribution in [0.15, 0.2) is 54.7 Å². The largest absolute Gasteiger partial charge is 0.497 e. The standard InChI is InChI=1S/C22H26N4O2/c1-15-8-10-17(11-9-15)26-13-19(21(27)24-14-22(2,3)23)20(25-26)16-6-5-7-18(12-16)28-4/h5-13H,14,23H2,1-4H3,(H,24,27). The van der Waals surface area contributed by atoms with Gasteiger partial charge < -0.3 is 15.8 Å². The van der Waals surface area contributed by atoms with Gasteiger partial charge in [-0.05, 0) is 45.0 Å². The zero-order chi connectivity index (χ0) is 20.3. The van der Waals surface area contributed by atoms with E-state index in [-0.39, 0.29) is 5.91 Å². The van der Waals surface area contributed by atoms with E-state index in [0.717, 1.165) is 16.8 Å². The SMILES string of the molecule is COc1cccc(-c2nn(-c3ccc(C)cc3)cc2C(=O)NCC(C)(C)N)c1. The van der Waals surface area contributed by atoms with Crippen LogP contribution in [0.2, 0.25) is 0 Å². The van der Waals surface area contributed by atoms with Crippen LogP contribution in [0.1, 0.15) is 29.8 Å². The number of benzene rings is 2. The molecular formula is C22H26N4O2. The number of nitrogens with one attached hydrogen (secondary N) is 1. The van der Waals surface area contributed by atoms with Gasteiger partial charge >= 0.3 is 0 Å². The summed E-state index contributed by atoms with van der Waals surface area (Å²) in [7, 11) is 1.61. The van der Waals surface area contributed by atoms with E-state index in [1.807, 2.05) is 69.3 Å². The van der Waals surface area contributed by atoms with E-state index >= 15 is 0 Å². The van der Waals surface area contributed by atoms with Crippen LogP contribution in [0, 0.1) is 6.92 Å². The molecule has 0 radical (unpaired) electrons. The number of ether oxygens (including phenoxy) is 1. The molecule has 1 heterocycles. The lowest BCUT2D eigenvalue weighted by Gasteiger charge is -2.18. The molecule has 28 heavy (non-hydrogen) atoms. The van der Waals surface area contributed by atoms with Gasteiger partial charge in [-0.15, -0.1) is 0 Å². The number of methoxy groups -OCH3 is 1. The number of amides is 1. The summed E-state index contributed by atoms with van der Waals surface area (Å²) in [6.45, 7) is 6.12.